The molecule has 4 heterocycles. The van der Waals surface area contributed by atoms with E-state index in [0.717, 1.165) is 42.3 Å². The topological polar surface area (TPSA) is 77.1 Å². The van der Waals surface area contributed by atoms with Crippen LogP contribution in [0.1, 0.15) is 11.5 Å². The minimum atomic E-state index is -0.0709. The fraction of sp³-hybridized carbons (Fsp3) is 0.333. The molecule has 128 valence electrons. The van der Waals surface area contributed by atoms with E-state index in [4.69, 9.17) is 4.42 Å². The molecule has 3 aromatic rings. The zero-order valence-electron chi connectivity index (χ0n) is 14.0. The van der Waals surface area contributed by atoms with E-state index >= 15 is 0 Å². The van der Waals surface area contributed by atoms with E-state index in [0.29, 0.717) is 12.5 Å². The molecular formula is C18H19N5O2. The molecule has 0 unspecified atom stereocenters. The third-order valence-electron chi connectivity index (χ3n) is 4.51. The fourth-order valence-corrected chi connectivity index (χ4v) is 3.11. The molecule has 7 nitrogen and oxygen atoms in total. The molecule has 4 rings (SSSR count). The van der Waals surface area contributed by atoms with Crippen molar-refractivity contribution in [3.05, 3.63) is 64.9 Å². The molecule has 7 heteroatoms. The van der Waals surface area contributed by atoms with E-state index in [1.165, 1.54) is 6.39 Å². The number of aromatic nitrogens is 4. The highest BCUT2D eigenvalue weighted by Crippen LogP contribution is 2.21. The molecule has 0 atom stereocenters. The third kappa shape index (κ3) is 3.36. The van der Waals surface area contributed by atoms with E-state index in [9.17, 15) is 4.79 Å². The van der Waals surface area contributed by atoms with Crippen LogP contribution in [0.15, 0.2) is 52.3 Å². The summed E-state index contributed by atoms with van der Waals surface area (Å²) in [5.74, 6) is 1.28. The number of hydrogen-bond acceptors (Lipinski definition) is 6. The Balaban J connectivity index is 1.40. The monoisotopic (exact) mass is 337 g/mol. The number of rotatable bonds is 5. The Kier molecular flexibility index (Phi) is 4.15. The highest BCUT2D eigenvalue weighted by molar-refractivity contribution is 5.56. The Morgan fingerprint density at radius 3 is 2.88 bits per heavy atom. The van der Waals surface area contributed by atoms with Crippen LogP contribution in [0.4, 0.5) is 0 Å². The van der Waals surface area contributed by atoms with E-state index in [-0.39, 0.29) is 5.56 Å². The lowest BCUT2D eigenvalue weighted by molar-refractivity contribution is 0.0752. The number of aryl methyl sites for hydroxylation is 1. The number of hydrogen-bond donors (Lipinski definition) is 0. The first-order valence-electron chi connectivity index (χ1n) is 8.29. The van der Waals surface area contributed by atoms with Gasteiger partial charge in [-0.1, -0.05) is 0 Å². The van der Waals surface area contributed by atoms with Gasteiger partial charge in [0.25, 0.3) is 5.56 Å². The lowest BCUT2D eigenvalue weighted by Crippen LogP contribution is -2.49. The largest absolute Gasteiger partial charge is 0.448 e. The number of pyridine rings is 1. The van der Waals surface area contributed by atoms with Gasteiger partial charge in [0.1, 0.15) is 5.76 Å². The van der Waals surface area contributed by atoms with Gasteiger partial charge in [0.15, 0.2) is 6.39 Å². The quantitative estimate of drug-likeness (QED) is 0.706. The zero-order chi connectivity index (χ0) is 17.2. The summed E-state index contributed by atoms with van der Waals surface area (Å²) in [7, 11) is 0. The second kappa shape index (κ2) is 6.60. The molecule has 1 aliphatic rings. The molecule has 0 radical (unpaired) electrons. The lowest BCUT2D eigenvalue weighted by Gasteiger charge is -2.38. The minimum absolute atomic E-state index is 0.0709. The SMILES string of the molecule is Cc1ocnc1CN1CC(Cn2nc(-c3cccnc3)ccc2=O)C1. The van der Waals surface area contributed by atoms with Crippen molar-refractivity contribution in [2.75, 3.05) is 13.1 Å². The highest BCUT2D eigenvalue weighted by Gasteiger charge is 2.28. The van der Waals surface area contributed by atoms with Crippen LogP contribution in [0.25, 0.3) is 11.3 Å². The van der Waals surface area contributed by atoms with Crippen molar-refractivity contribution in [2.45, 2.75) is 20.0 Å². The molecule has 0 bridgehead atoms. The van der Waals surface area contributed by atoms with Gasteiger partial charge in [0.2, 0.25) is 0 Å². The van der Waals surface area contributed by atoms with Gasteiger partial charge in [-0.2, -0.15) is 5.10 Å². The molecule has 0 spiro atoms. The first kappa shape index (κ1) is 15.7. The average molecular weight is 337 g/mol. The molecule has 3 aromatic heterocycles. The molecule has 1 saturated heterocycles. The van der Waals surface area contributed by atoms with E-state index in [2.05, 4.69) is 20.0 Å². The summed E-state index contributed by atoms with van der Waals surface area (Å²) in [6.07, 6.45) is 4.96. The predicted octanol–water partition coefficient (Wildman–Crippen LogP) is 1.73. The van der Waals surface area contributed by atoms with Crippen molar-refractivity contribution in [1.29, 1.82) is 0 Å². The Morgan fingerprint density at radius 2 is 2.16 bits per heavy atom. The predicted molar refractivity (Wildman–Crippen MR) is 91.7 cm³/mol. The van der Waals surface area contributed by atoms with Gasteiger partial charge < -0.3 is 4.42 Å². The van der Waals surface area contributed by atoms with Gasteiger partial charge in [-0.05, 0) is 25.1 Å². The summed E-state index contributed by atoms with van der Waals surface area (Å²) in [6.45, 7) is 5.19. The maximum Gasteiger partial charge on any atom is 0.266 e. The molecule has 0 amide bonds. The summed E-state index contributed by atoms with van der Waals surface area (Å²) in [6, 6.07) is 7.12. The van der Waals surface area contributed by atoms with Crippen molar-refractivity contribution in [3.8, 4) is 11.3 Å². The Morgan fingerprint density at radius 1 is 1.28 bits per heavy atom. The molecule has 0 N–H and O–H groups in total. The minimum Gasteiger partial charge on any atom is -0.448 e. The maximum atomic E-state index is 12.1. The van der Waals surface area contributed by atoms with Crippen molar-refractivity contribution in [2.24, 2.45) is 5.92 Å². The van der Waals surface area contributed by atoms with Crippen LogP contribution in [0.2, 0.25) is 0 Å². The first-order chi connectivity index (χ1) is 12.2. The highest BCUT2D eigenvalue weighted by atomic mass is 16.3. The Bertz CT molecular complexity index is 912. The summed E-state index contributed by atoms with van der Waals surface area (Å²) in [5.41, 5.74) is 2.58. The number of likely N-dealkylation sites (tertiary alicyclic amines) is 1. The van der Waals surface area contributed by atoms with E-state index in [1.54, 1.807) is 29.2 Å². The van der Waals surface area contributed by atoms with Crippen molar-refractivity contribution in [1.82, 2.24) is 24.6 Å². The van der Waals surface area contributed by atoms with Crippen LogP contribution in [0.5, 0.6) is 0 Å². The molecule has 0 aliphatic carbocycles. The van der Waals surface area contributed by atoms with Gasteiger partial charge >= 0.3 is 0 Å². The van der Waals surface area contributed by atoms with Crippen molar-refractivity contribution in [3.63, 3.8) is 0 Å². The van der Waals surface area contributed by atoms with Crippen molar-refractivity contribution < 1.29 is 4.42 Å². The van der Waals surface area contributed by atoms with Crippen LogP contribution in [-0.2, 0) is 13.1 Å². The van der Waals surface area contributed by atoms with Crippen molar-refractivity contribution >= 4 is 0 Å². The zero-order valence-corrected chi connectivity index (χ0v) is 14.0. The molecule has 1 fully saturated rings. The normalized spacial score (nSPS) is 15.2. The van der Waals surface area contributed by atoms with Gasteiger partial charge in [-0.3, -0.25) is 14.7 Å². The molecule has 25 heavy (non-hydrogen) atoms. The average Bonchev–Trinajstić information content (AvgIpc) is 3.00. The number of nitrogens with zero attached hydrogens (tertiary/aromatic N) is 5. The molecule has 0 aromatic carbocycles. The van der Waals surface area contributed by atoms with E-state index < -0.39 is 0 Å². The number of oxazole rings is 1. The van der Waals surface area contributed by atoms with Crippen LogP contribution in [0.3, 0.4) is 0 Å². The smallest absolute Gasteiger partial charge is 0.266 e. The van der Waals surface area contributed by atoms with Crippen LogP contribution in [-0.4, -0.2) is 37.7 Å². The van der Waals surface area contributed by atoms with Gasteiger partial charge in [-0.25, -0.2) is 9.67 Å². The lowest BCUT2D eigenvalue weighted by atomic mass is 10.00. The Labute approximate surface area is 145 Å². The summed E-state index contributed by atoms with van der Waals surface area (Å²) in [4.78, 5) is 22.7. The standard InChI is InChI=1S/C18H19N5O2/c1-13-17(20-12-25-13)11-22-8-14(9-22)10-23-18(24)5-4-16(21-23)15-3-2-6-19-7-15/h2-7,12,14H,8-11H2,1H3. The van der Waals surface area contributed by atoms with Crippen LogP contribution in [0, 0.1) is 12.8 Å². The van der Waals surface area contributed by atoms with Crippen LogP contribution >= 0.6 is 0 Å². The van der Waals surface area contributed by atoms with Gasteiger partial charge in [0.05, 0.1) is 17.9 Å². The fourth-order valence-electron chi connectivity index (χ4n) is 3.11. The molecular weight excluding hydrogens is 318 g/mol. The van der Waals surface area contributed by atoms with Gasteiger partial charge in [-0.15, -0.1) is 0 Å². The summed E-state index contributed by atoms with van der Waals surface area (Å²) in [5, 5.41) is 4.50. The third-order valence-corrected chi connectivity index (χ3v) is 4.51. The molecule has 0 saturated carbocycles. The second-order valence-corrected chi connectivity index (χ2v) is 6.40. The Hall–Kier alpha value is -2.80. The molecule has 1 aliphatic heterocycles. The maximum absolute atomic E-state index is 12.1. The van der Waals surface area contributed by atoms with E-state index in [1.807, 2.05) is 19.1 Å². The van der Waals surface area contributed by atoms with Crippen LogP contribution < -0.4 is 5.56 Å². The summed E-state index contributed by atoms with van der Waals surface area (Å²) >= 11 is 0. The second-order valence-electron chi connectivity index (χ2n) is 6.40. The first-order valence-corrected chi connectivity index (χ1v) is 8.29. The van der Waals surface area contributed by atoms with Gasteiger partial charge in [0, 0.05) is 49.6 Å². The summed E-state index contributed by atoms with van der Waals surface area (Å²) < 4.78 is 6.79.